The minimum atomic E-state index is -0.195. The summed E-state index contributed by atoms with van der Waals surface area (Å²) >= 11 is 5.31. The van der Waals surface area contributed by atoms with Crippen LogP contribution in [0.1, 0.15) is 30.5 Å². The lowest BCUT2D eigenvalue weighted by molar-refractivity contribution is 0.324. The summed E-state index contributed by atoms with van der Waals surface area (Å²) in [5.74, 6) is 1.96. The zero-order valence-corrected chi connectivity index (χ0v) is 18.1. The number of hydrogen-bond acceptors (Lipinski definition) is 6. The van der Waals surface area contributed by atoms with Crippen LogP contribution < -0.4 is 29.7 Å². The lowest BCUT2D eigenvalue weighted by atomic mass is 9.95. The number of methoxy groups -OCH3 is 4. The smallest absolute Gasteiger partial charge is 0.220 e. The van der Waals surface area contributed by atoms with Crippen LogP contribution in [0.5, 0.6) is 23.0 Å². The fraction of sp³-hybridized carbons (Fsp3) is 0.364. The summed E-state index contributed by atoms with van der Waals surface area (Å²) in [7, 11) is 6.27. The van der Waals surface area contributed by atoms with Crippen molar-refractivity contribution in [1.29, 1.82) is 0 Å². The molecule has 1 N–H and O–H groups in total. The Labute approximate surface area is 175 Å². The molecule has 2 aromatic carbocycles. The molecule has 0 spiro atoms. The van der Waals surface area contributed by atoms with E-state index in [0.29, 0.717) is 22.2 Å². The Kier molecular flexibility index (Phi) is 6.27. The van der Waals surface area contributed by atoms with Crippen LogP contribution in [0.25, 0.3) is 11.1 Å². The fourth-order valence-electron chi connectivity index (χ4n) is 3.85. The Balaban J connectivity index is 2.42. The number of rotatable bonds is 5. The van der Waals surface area contributed by atoms with Gasteiger partial charge in [0.1, 0.15) is 0 Å². The molecule has 0 saturated carbocycles. The van der Waals surface area contributed by atoms with Crippen molar-refractivity contribution >= 4 is 17.2 Å². The number of aryl methyl sites for hydroxylation is 1. The lowest BCUT2D eigenvalue weighted by Gasteiger charge is -2.20. The van der Waals surface area contributed by atoms with Gasteiger partial charge >= 0.3 is 0 Å². The third-order valence-corrected chi connectivity index (χ3v) is 5.22. The first-order valence-electron chi connectivity index (χ1n) is 9.26. The van der Waals surface area contributed by atoms with E-state index in [1.807, 2.05) is 19.1 Å². The van der Waals surface area contributed by atoms with E-state index in [9.17, 15) is 4.79 Å². The second-order valence-electron chi connectivity index (χ2n) is 6.75. The molecule has 29 heavy (non-hydrogen) atoms. The zero-order chi connectivity index (χ0) is 21.1. The fourth-order valence-corrected chi connectivity index (χ4v) is 4.00. The van der Waals surface area contributed by atoms with E-state index in [-0.39, 0.29) is 17.2 Å². The quantitative estimate of drug-likeness (QED) is 0.748. The first-order chi connectivity index (χ1) is 13.9. The molecule has 2 aromatic rings. The molecular formula is C22H25NO5S. The Morgan fingerprint density at radius 2 is 1.69 bits per heavy atom. The second kappa shape index (κ2) is 8.69. The maximum atomic E-state index is 12.5. The molecule has 0 bridgehead atoms. The van der Waals surface area contributed by atoms with Crippen molar-refractivity contribution in [3.05, 3.63) is 45.6 Å². The first kappa shape index (κ1) is 20.9. The molecule has 0 aliphatic heterocycles. The standard InChI is InChI=1S/C22H25NO5S/c1-12(29)23-16-8-6-13-10-19(26-3)21(27-4)22(28-5)20(13)14-7-9-17(24)18(25-2)11-15(14)16/h7,9-11,16H,6,8H2,1-5H3,(H,23,29)/t16-/m0/s1. The van der Waals surface area contributed by atoms with Crippen molar-refractivity contribution in [2.24, 2.45) is 0 Å². The van der Waals surface area contributed by atoms with Gasteiger partial charge in [0.25, 0.3) is 0 Å². The van der Waals surface area contributed by atoms with Gasteiger partial charge in [0.15, 0.2) is 17.2 Å². The average molecular weight is 416 g/mol. The molecule has 3 rings (SSSR count). The molecule has 0 aromatic heterocycles. The number of fused-ring (bicyclic) bond motifs is 3. The van der Waals surface area contributed by atoms with Crippen molar-refractivity contribution in [2.45, 2.75) is 25.8 Å². The van der Waals surface area contributed by atoms with Crippen LogP contribution in [0.15, 0.2) is 29.1 Å². The third-order valence-electron chi connectivity index (χ3n) is 5.10. The van der Waals surface area contributed by atoms with Gasteiger partial charge in [-0.25, -0.2) is 0 Å². The van der Waals surface area contributed by atoms with Crippen LogP contribution in [0.3, 0.4) is 0 Å². The number of thiocarbonyl (C=S) groups is 1. The van der Waals surface area contributed by atoms with Crippen LogP contribution in [-0.4, -0.2) is 33.4 Å². The molecule has 1 aliphatic carbocycles. The topological polar surface area (TPSA) is 66.0 Å². The Hall–Kier alpha value is -2.80. The van der Waals surface area contributed by atoms with Gasteiger partial charge in [-0.2, -0.15) is 0 Å². The summed E-state index contributed by atoms with van der Waals surface area (Å²) in [5, 5.41) is 3.36. The molecule has 6 nitrogen and oxygen atoms in total. The summed E-state index contributed by atoms with van der Waals surface area (Å²) in [6.07, 6.45) is 1.53. The van der Waals surface area contributed by atoms with Crippen molar-refractivity contribution in [2.75, 3.05) is 28.4 Å². The van der Waals surface area contributed by atoms with Gasteiger partial charge in [-0.05, 0) is 60.7 Å². The van der Waals surface area contributed by atoms with Gasteiger partial charge < -0.3 is 24.3 Å². The second-order valence-corrected chi connectivity index (χ2v) is 7.36. The molecule has 1 aliphatic rings. The maximum absolute atomic E-state index is 12.5. The summed E-state index contributed by atoms with van der Waals surface area (Å²) in [6, 6.07) is 7.00. The maximum Gasteiger partial charge on any atom is 0.220 e. The Morgan fingerprint density at radius 3 is 2.28 bits per heavy atom. The highest BCUT2D eigenvalue weighted by Crippen LogP contribution is 2.50. The molecule has 0 unspecified atom stereocenters. The van der Waals surface area contributed by atoms with E-state index >= 15 is 0 Å². The molecule has 7 heteroatoms. The van der Waals surface area contributed by atoms with Gasteiger partial charge in [0.2, 0.25) is 11.2 Å². The van der Waals surface area contributed by atoms with Gasteiger partial charge in [-0.1, -0.05) is 12.2 Å². The normalized spacial score (nSPS) is 14.7. The van der Waals surface area contributed by atoms with Crippen molar-refractivity contribution in [1.82, 2.24) is 5.32 Å². The molecule has 0 heterocycles. The highest BCUT2D eigenvalue weighted by atomic mass is 32.1. The monoisotopic (exact) mass is 415 g/mol. The summed E-state index contributed by atoms with van der Waals surface area (Å²) < 4.78 is 22.2. The van der Waals surface area contributed by atoms with E-state index in [1.54, 1.807) is 27.4 Å². The van der Waals surface area contributed by atoms with E-state index in [0.717, 1.165) is 35.1 Å². The van der Waals surface area contributed by atoms with Crippen LogP contribution in [-0.2, 0) is 6.42 Å². The average Bonchev–Trinajstić information content (AvgIpc) is 2.95. The minimum absolute atomic E-state index is 0.0858. The Bertz CT molecular complexity index is 1010. The largest absolute Gasteiger partial charge is 0.493 e. The van der Waals surface area contributed by atoms with Crippen molar-refractivity contribution < 1.29 is 18.9 Å². The van der Waals surface area contributed by atoms with Crippen LogP contribution in [0.2, 0.25) is 0 Å². The molecular weight excluding hydrogens is 390 g/mol. The van der Waals surface area contributed by atoms with Crippen LogP contribution in [0.4, 0.5) is 0 Å². The van der Waals surface area contributed by atoms with Gasteiger partial charge in [-0.15, -0.1) is 0 Å². The van der Waals surface area contributed by atoms with Gasteiger partial charge in [-0.3, -0.25) is 4.79 Å². The van der Waals surface area contributed by atoms with Crippen LogP contribution in [0, 0.1) is 0 Å². The third kappa shape index (κ3) is 3.87. The number of hydrogen-bond donors (Lipinski definition) is 1. The van der Waals surface area contributed by atoms with E-state index in [1.165, 1.54) is 13.2 Å². The Morgan fingerprint density at radius 1 is 1.00 bits per heavy atom. The van der Waals surface area contributed by atoms with Crippen molar-refractivity contribution in [3.8, 4) is 34.1 Å². The number of nitrogens with one attached hydrogen (secondary N) is 1. The number of benzene rings is 1. The molecule has 154 valence electrons. The van der Waals surface area contributed by atoms with Crippen LogP contribution >= 0.6 is 12.2 Å². The zero-order valence-electron chi connectivity index (χ0n) is 17.3. The molecule has 1 atom stereocenters. The first-order valence-corrected chi connectivity index (χ1v) is 9.67. The van der Waals surface area contributed by atoms with Gasteiger partial charge in [0, 0.05) is 5.56 Å². The number of ether oxygens (including phenoxy) is 4. The lowest BCUT2D eigenvalue weighted by Crippen LogP contribution is -2.25. The van der Waals surface area contributed by atoms with E-state index in [2.05, 4.69) is 5.32 Å². The molecule has 0 radical (unpaired) electrons. The summed E-state index contributed by atoms with van der Waals surface area (Å²) in [5.41, 5.74) is 3.51. The SMILES string of the molecule is COc1cc2c(c(OC)c1OC)-c1ccc(=O)c(OC)cc1[C@@H](NC(C)=S)CC2. The van der Waals surface area contributed by atoms with Crippen molar-refractivity contribution in [3.63, 3.8) is 0 Å². The predicted molar refractivity (Wildman–Crippen MR) is 117 cm³/mol. The summed E-state index contributed by atoms with van der Waals surface area (Å²) in [4.78, 5) is 13.1. The highest BCUT2D eigenvalue weighted by Gasteiger charge is 2.29. The highest BCUT2D eigenvalue weighted by molar-refractivity contribution is 7.80. The van der Waals surface area contributed by atoms with Gasteiger partial charge in [0.05, 0.1) is 39.5 Å². The summed E-state index contributed by atoms with van der Waals surface area (Å²) in [6.45, 7) is 1.85. The molecule has 0 amide bonds. The van der Waals surface area contributed by atoms with E-state index < -0.39 is 0 Å². The molecule has 0 saturated heterocycles. The molecule has 0 fully saturated rings. The predicted octanol–water partition coefficient (Wildman–Crippen LogP) is 3.67. The van der Waals surface area contributed by atoms with E-state index in [4.69, 9.17) is 31.2 Å². The minimum Gasteiger partial charge on any atom is -0.493 e.